The van der Waals surface area contributed by atoms with Crippen molar-refractivity contribution in [3.63, 3.8) is 0 Å². The Morgan fingerprint density at radius 2 is 2.00 bits per heavy atom. The van der Waals surface area contributed by atoms with Crippen LogP contribution in [0.25, 0.3) is 0 Å². The number of aliphatic hydroxyl groups is 1. The van der Waals surface area contributed by atoms with E-state index in [4.69, 9.17) is 0 Å². The van der Waals surface area contributed by atoms with Gasteiger partial charge in [-0.25, -0.2) is 4.37 Å². The van der Waals surface area contributed by atoms with Gasteiger partial charge in [0.2, 0.25) is 0 Å². The van der Waals surface area contributed by atoms with Gasteiger partial charge in [-0.2, -0.15) is 0 Å². The van der Waals surface area contributed by atoms with Gasteiger partial charge in [0.25, 0.3) is 0 Å². The molecule has 1 heterocycles. The van der Waals surface area contributed by atoms with Gasteiger partial charge in [0.1, 0.15) is 0 Å². The van der Waals surface area contributed by atoms with Crippen LogP contribution in [-0.4, -0.2) is 9.48 Å². The zero-order chi connectivity index (χ0) is 9.80. The summed E-state index contributed by atoms with van der Waals surface area (Å²) in [6.45, 7) is 0. The smallest absolute Gasteiger partial charge is 0.0925 e. The topological polar surface area (TPSA) is 33.1 Å². The monoisotopic (exact) mass is 211 g/mol. The third kappa shape index (κ3) is 2.34. The van der Waals surface area contributed by atoms with E-state index >= 15 is 0 Å². The fraction of sp³-hybridized carbons (Fsp3) is 0.727. The van der Waals surface area contributed by atoms with Crippen molar-refractivity contribution in [3.8, 4) is 0 Å². The number of hydrogen-bond donors (Lipinski definition) is 1. The number of rotatable bonds is 2. The van der Waals surface area contributed by atoms with Crippen LogP contribution in [0, 0.1) is 5.92 Å². The standard InChI is InChI=1S/C11H17NOS/c13-11(10-7-8-12-14-10)9-5-3-1-2-4-6-9/h7-9,11,13H,1-6H2. The lowest BCUT2D eigenvalue weighted by molar-refractivity contribution is 0.102. The van der Waals surface area contributed by atoms with Crippen molar-refractivity contribution in [1.29, 1.82) is 0 Å². The van der Waals surface area contributed by atoms with Crippen molar-refractivity contribution >= 4 is 11.5 Å². The summed E-state index contributed by atoms with van der Waals surface area (Å²) < 4.78 is 4.04. The van der Waals surface area contributed by atoms with Crippen LogP contribution in [0.3, 0.4) is 0 Å². The van der Waals surface area contributed by atoms with Crippen molar-refractivity contribution in [3.05, 3.63) is 17.1 Å². The average molecular weight is 211 g/mol. The molecule has 1 fully saturated rings. The summed E-state index contributed by atoms with van der Waals surface area (Å²) >= 11 is 1.43. The summed E-state index contributed by atoms with van der Waals surface area (Å²) in [7, 11) is 0. The van der Waals surface area contributed by atoms with Gasteiger partial charge in [0, 0.05) is 6.20 Å². The molecule has 14 heavy (non-hydrogen) atoms. The highest BCUT2D eigenvalue weighted by Gasteiger charge is 2.22. The Morgan fingerprint density at radius 1 is 1.29 bits per heavy atom. The van der Waals surface area contributed by atoms with Gasteiger partial charge in [-0.15, -0.1) is 0 Å². The fourth-order valence-corrected chi connectivity index (χ4v) is 2.90. The molecule has 0 amide bonds. The third-order valence-electron chi connectivity index (χ3n) is 3.10. The van der Waals surface area contributed by atoms with Gasteiger partial charge >= 0.3 is 0 Å². The molecule has 1 atom stereocenters. The molecule has 0 radical (unpaired) electrons. The van der Waals surface area contributed by atoms with Gasteiger partial charge in [-0.1, -0.05) is 25.7 Å². The van der Waals surface area contributed by atoms with Crippen molar-refractivity contribution in [2.75, 3.05) is 0 Å². The lowest BCUT2D eigenvalue weighted by Gasteiger charge is -2.19. The first kappa shape index (κ1) is 10.1. The molecular formula is C11H17NOS. The molecular weight excluding hydrogens is 194 g/mol. The zero-order valence-electron chi connectivity index (χ0n) is 8.35. The van der Waals surface area contributed by atoms with E-state index in [-0.39, 0.29) is 6.10 Å². The molecule has 1 aromatic rings. The first-order chi connectivity index (χ1) is 6.88. The van der Waals surface area contributed by atoms with Crippen LogP contribution in [0.5, 0.6) is 0 Å². The van der Waals surface area contributed by atoms with Crippen molar-refractivity contribution < 1.29 is 5.11 Å². The maximum absolute atomic E-state index is 10.1. The molecule has 0 aliphatic heterocycles. The van der Waals surface area contributed by atoms with E-state index < -0.39 is 0 Å². The normalized spacial score (nSPS) is 21.8. The predicted octanol–water partition coefficient (Wildman–Crippen LogP) is 3.15. The van der Waals surface area contributed by atoms with Gasteiger partial charge in [0.15, 0.2) is 0 Å². The largest absolute Gasteiger partial charge is 0.387 e. The minimum Gasteiger partial charge on any atom is -0.387 e. The molecule has 2 nitrogen and oxygen atoms in total. The van der Waals surface area contributed by atoms with Crippen molar-refractivity contribution in [1.82, 2.24) is 4.37 Å². The van der Waals surface area contributed by atoms with E-state index in [1.165, 1.54) is 50.1 Å². The first-order valence-electron chi connectivity index (χ1n) is 5.46. The number of hydrogen-bond acceptors (Lipinski definition) is 3. The molecule has 0 aromatic carbocycles. The summed E-state index contributed by atoms with van der Waals surface area (Å²) in [4.78, 5) is 1.04. The van der Waals surface area contributed by atoms with Crippen LogP contribution in [0.4, 0.5) is 0 Å². The minimum absolute atomic E-state index is 0.263. The molecule has 1 aliphatic rings. The summed E-state index contributed by atoms with van der Waals surface area (Å²) in [5, 5.41) is 10.1. The number of nitrogens with zero attached hydrogens (tertiary/aromatic N) is 1. The maximum atomic E-state index is 10.1. The Labute approximate surface area is 89.1 Å². The van der Waals surface area contributed by atoms with Crippen LogP contribution in [0.15, 0.2) is 12.3 Å². The molecule has 1 aliphatic carbocycles. The fourth-order valence-electron chi connectivity index (χ4n) is 2.24. The average Bonchev–Trinajstić information content (AvgIpc) is 2.59. The summed E-state index contributed by atoms with van der Waals surface area (Å²) in [6, 6.07) is 1.94. The van der Waals surface area contributed by atoms with Crippen LogP contribution < -0.4 is 0 Å². The molecule has 1 saturated carbocycles. The lowest BCUT2D eigenvalue weighted by Crippen LogP contribution is -2.10. The highest BCUT2D eigenvalue weighted by Crippen LogP contribution is 2.34. The lowest BCUT2D eigenvalue weighted by atomic mass is 9.93. The van der Waals surface area contributed by atoms with Crippen molar-refractivity contribution in [2.24, 2.45) is 5.92 Å². The van der Waals surface area contributed by atoms with E-state index in [9.17, 15) is 5.11 Å². The van der Waals surface area contributed by atoms with E-state index in [1.807, 2.05) is 6.07 Å². The summed E-state index contributed by atoms with van der Waals surface area (Å²) in [5.41, 5.74) is 0. The Hall–Kier alpha value is -0.410. The van der Waals surface area contributed by atoms with Crippen LogP contribution in [0.2, 0.25) is 0 Å². The molecule has 2 rings (SSSR count). The second-order valence-electron chi connectivity index (χ2n) is 4.11. The van der Waals surface area contributed by atoms with Crippen LogP contribution >= 0.6 is 11.5 Å². The van der Waals surface area contributed by atoms with Crippen LogP contribution in [0.1, 0.15) is 49.5 Å². The van der Waals surface area contributed by atoms with Gasteiger partial charge < -0.3 is 5.11 Å². The minimum atomic E-state index is -0.263. The highest BCUT2D eigenvalue weighted by molar-refractivity contribution is 7.05. The van der Waals surface area contributed by atoms with E-state index in [2.05, 4.69) is 4.37 Å². The molecule has 78 valence electrons. The Kier molecular flexibility index (Phi) is 3.54. The van der Waals surface area contributed by atoms with Crippen molar-refractivity contribution in [2.45, 2.75) is 44.6 Å². The first-order valence-corrected chi connectivity index (χ1v) is 6.24. The molecule has 1 aromatic heterocycles. The zero-order valence-corrected chi connectivity index (χ0v) is 9.17. The Bertz CT molecular complexity index is 252. The Balaban J connectivity index is 1.99. The van der Waals surface area contributed by atoms with Gasteiger partial charge in [0.05, 0.1) is 11.0 Å². The van der Waals surface area contributed by atoms with E-state index in [0.717, 1.165) is 4.88 Å². The maximum Gasteiger partial charge on any atom is 0.0925 e. The molecule has 0 spiro atoms. The SMILES string of the molecule is OC(c1ccns1)C1CCCCCC1. The predicted molar refractivity (Wildman–Crippen MR) is 58.3 cm³/mol. The second-order valence-corrected chi connectivity index (χ2v) is 4.98. The highest BCUT2D eigenvalue weighted by atomic mass is 32.1. The van der Waals surface area contributed by atoms with E-state index in [0.29, 0.717) is 5.92 Å². The van der Waals surface area contributed by atoms with Gasteiger partial charge in [-0.05, 0) is 36.4 Å². The molecule has 0 bridgehead atoms. The van der Waals surface area contributed by atoms with Gasteiger partial charge in [-0.3, -0.25) is 0 Å². The quantitative estimate of drug-likeness (QED) is 0.762. The Morgan fingerprint density at radius 3 is 2.57 bits per heavy atom. The summed E-state index contributed by atoms with van der Waals surface area (Å²) in [5.74, 6) is 0.470. The second kappa shape index (κ2) is 4.89. The number of aromatic nitrogens is 1. The van der Waals surface area contributed by atoms with Crippen LogP contribution in [-0.2, 0) is 0 Å². The molecule has 1 unspecified atom stereocenters. The molecule has 1 N–H and O–H groups in total. The van der Waals surface area contributed by atoms with E-state index in [1.54, 1.807) is 6.20 Å². The molecule has 0 saturated heterocycles. The molecule has 3 heteroatoms. The third-order valence-corrected chi connectivity index (χ3v) is 3.91. The number of aliphatic hydroxyl groups excluding tert-OH is 1. The summed E-state index contributed by atoms with van der Waals surface area (Å²) in [6.07, 6.45) is 9.11.